The van der Waals surface area contributed by atoms with E-state index in [1.54, 1.807) is 7.11 Å². The normalized spacial score (nSPS) is 19.8. The molecule has 0 bridgehead atoms. The Morgan fingerprint density at radius 1 is 1.06 bits per heavy atom. The molecule has 32 heavy (non-hydrogen) atoms. The summed E-state index contributed by atoms with van der Waals surface area (Å²) in [6.07, 6.45) is 10.4. The molecule has 1 N–H and O–H groups in total. The zero-order chi connectivity index (χ0) is 21.8. The summed E-state index contributed by atoms with van der Waals surface area (Å²) in [7, 11) is 1.73. The highest BCUT2D eigenvalue weighted by molar-refractivity contribution is 5.96. The Balaban J connectivity index is 1.41. The van der Waals surface area contributed by atoms with Crippen LogP contribution < -0.4 is 14.8 Å². The molecule has 5 rings (SSSR count). The molecule has 0 radical (unpaired) electrons. The fourth-order valence-electron chi connectivity index (χ4n) is 5.39. The van der Waals surface area contributed by atoms with Crippen LogP contribution in [0.2, 0.25) is 0 Å². The van der Waals surface area contributed by atoms with Gasteiger partial charge >= 0.3 is 0 Å². The summed E-state index contributed by atoms with van der Waals surface area (Å²) in [5.41, 5.74) is 4.92. The third-order valence-electron chi connectivity index (χ3n) is 7.19. The fourth-order valence-corrected chi connectivity index (χ4v) is 5.39. The fraction of sp³-hybridized carbons (Fsp3) is 0.654. The third-order valence-corrected chi connectivity index (χ3v) is 7.19. The van der Waals surface area contributed by atoms with Crippen molar-refractivity contribution in [3.05, 3.63) is 23.4 Å². The molecule has 0 saturated carbocycles. The van der Waals surface area contributed by atoms with Crippen LogP contribution in [0.5, 0.6) is 11.5 Å². The average Bonchev–Trinajstić information content (AvgIpc) is 3.35. The molecule has 1 aromatic carbocycles. The van der Waals surface area contributed by atoms with E-state index in [-0.39, 0.29) is 0 Å². The number of hydrogen-bond donors (Lipinski definition) is 1. The van der Waals surface area contributed by atoms with Crippen LogP contribution in [0, 0.1) is 0 Å². The van der Waals surface area contributed by atoms with Crippen molar-refractivity contribution in [1.82, 2.24) is 9.88 Å². The summed E-state index contributed by atoms with van der Waals surface area (Å²) < 4.78 is 17.5. The molecular weight excluding hydrogens is 402 g/mol. The molecule has 0 unspecified atom stereocenters. The lowest BCUT2D eigenvalue weighted by Gasteiger charge is -2.28. The topological polar surface area (TPSA) is 55.9 Å². The molecular formula is C26H37N3O3. The lowest BCUT2D eigenvalue weighted by molar-refractivity contribution is 0.0904. The SMILES string of the molecule is COc1cc2c(NC3CCOCC3)c3c(nc2cc1OCCCN1CCCC1)CCCC3. The van der Waals surface area contributed by atoms with Crippen LogP contribution in [-0.2, 0) is 17.6 Å². The lowest BCUT2D eigenvalue weighted by Crippen LogP contribution is -2.29. The molecule has 3 aliphatic rings. The first-order valence-electron chi connectivity index (χ1n) is 12.5. The smallest absolute Gasteiger partial charge is 0.163 e. The summed E-state index contributed by atoms with van der Waals surface area (Å²) in [6.45, 7) is 5.95. The predicted octanol–water partition coefficient (Wildman–Crippen LogP) is 4.58. The molecule has 1 aromatic heterocycles. The molecule has 0 amide bonds. The Hall–Kier alpha value is -2.05. The van der Waals surface area contributed by atoms with E-state index in [1.807, 2.05) is 0 Å². The van der Waals surface area contributed by atoms with Gasteiger partial charge in [0.25, 0.3) is 0 Å². The van der Waals surface area contributed by atoms with Gasteiger partial charge in [-0.15, -0.1) is 0 Å². The number of aryl methyl sites for hydroxylation is 1. The number of benzene rings is 1. The van der Waals surface area contributed by atoms with Gasteiger partial charge in [0, 0.05) is 48.6 Å². The maximum Gasteiger partial charge on any atom is 0.163 e. The lowest BCUT2D eigenvalue weighted by atomic mass is 9.92. The van der Waals surface area contributed by atoms with Crippen LogP contribution >= 0.6 is 0 Å². The maximum absolute atomic E-state index is 6.20. The van der Waals surface area contributed by atoms with Crippen molar-refractivity contribution in [1.29, 1.82) is 0 Å². The Morgan fingerprint density at radius 2 is 1.88 bits per heavy atom. The Labute approximate surface area is 191 Å². The van der Waals surface area contributed by atoms with Crippen LogP contribution in [0.1, 0.15) is 56.2 Å². The highest BCUT2D eigenvalue weighted by Gasteiger charge is 2.23. The number of anilines is 1. The van der Waals surface area contributed by atoms with E-state index < -0.39 is 0 Å². The number of pyridine rings is 1. The molecule has 174 valence electrons. The van der Waals surface area contributed by atoms with Gasteiger partial charge in [-0.2, -0.15) is 0 Å². The van der Waals surface area contributed by atoms with E-state index >= 15 is 0 Å². The van der Waals surface area contributed by atoms with E-state index in [2.05, 4.69) is 22.3 Å². The second-order valence-corrected chi connectivity index (χ2v) is 9.42. The van der Waals surface area contributed by atoms with Crippen molar-refractivity contribution in [2.24, 2.45) is 0 Å². The van der Waals surface area contributed by atoms with Gasteiger partial charge in [0.2, 0.25) is 0 Å². The monoisotopic (exact) mass is 439 g/mol. The van der Waals surface area contributed by atoms with Gasteiger partial charge in [-0.3, -0.25) is 4.98 Å². The van der Waals surface area contributed by atoms with Gasteiger partial charge in [-0.1, -0.05) is 0 Å². The van der Waals surface area contributed by atoms with E-state index in [1.165, 1.54) is 55.7 Å². The van der Waals surface area contributed by atoms with Crippen LogP contribution in [0.25, 0.3) is 10.9 Å². The summed E-state index contributed by atoms with van der Waals surface area (Å²) in [4.78, 5) is 7.62. The summed E-state index contributed by atoms with van der Waals surface area (Å²) in [5, 5.41) is 5.04. The summed E-state index contributed by atoms with van der Waals surface area (Å²) in [5.74, 6) is 1.60. The number of hydrogen-bond acceptors (Lipinski definition) is 6. The maximum atomic E-state index is 6.20. The third kappa shape index (κ3) is 4.81. The first-order valence-corrected chi connectivity index (χ1v) is 12.5. The van der Waals surface area contributed by atoms with Crippen LogP contribution in [-0.4, -0.2) is 62.5 Å². The number of likely N-dealkylation sites (tertiary alicyclic amines) is 1. The van der Waals surface area contributed by atoms with E-state index in [0.29, 0.717) is 12.6 Å². The number of methoxy groups -OCH3 is 1. The molecule has 2 aromatic rings. The van der Waals surface area contributed by atoms with Gasteiger partial charge in [0.05, 0.1) is 19.2 Å². The quantitative estimate of drug-likeness (QED) is 0.608. The van der Waals surface area contributed by atoms with E-state index in [4.69, 9.17) is 19.2 Å². The number of nitrogens with one attached hydrogen (secondary N) is 1. The van der Waals surface area contributed by atoms with Crippen LogP contribution in [0.4, 0.5) is 5.69 Å². The van der Waals surface area contributed by atoms with E-state index in [9.17, 15) is 0 Å². The van der Waals surface area contributed by atoms with Crippen LogP contribution in [0.15, 0.2) is 12.1 Å². The number of fused-ring (bicyclic) bond motifs is 2. The van der Waals surface area contributed by atoms with Crippen LogP contribution in [0.3, 0.4) is 0 Å². The zero-order valence-corrected chi connectivity index (χ0v) is 19.5. The number of ether oxygens (including phenoxy) is 3. The average molecular weight is 440 g/mol. The van der Waals surface area contributed by atoms with Crippen molar-refractivity contribution in [2.45, 2.75) is 63.8 Å². The highest BCUT2D eigenvalue weighted by atomic mass is 16.5. The number of rotatable bonds is 8. The summed E-state index contributed by atoms with van der Waals surface area (Å²) >= 11 is 0. The molecule has 3 heterocycles. The van der Waals surface area contributed by atoms with Gasteiger partial charge in [0.1, 0.15) is 0 Å². The summed E-state index contributed by atoms with van der Waals surface area (Å²) in [6, 6.07) is 4.68. The van der Waals surface area contributed by atoms with Crippen molar-refractivity contribution >= 4 is 16.6 Å². The number of nitrogens with zero attached hydrogens (tertiary/aromatic N) is 2. The molecule has 6 heteroatoms. The van der Waals surface area contributed by atoms with Gasteiger partial charge in [0.15, 0.2) is 11.5 Å². The Kier molecular flexibility index (Phi) is 6.98. The predicted molar refractivity (Wildman–Crippen MR) is 128 cm³/mol. The minimum absolute atomic E-state index is 0.452. The Bertz CT molecular complexity index is 920. The molecule has 1 aliphatic carbocycles. The molecule has 2 saturated heterocycles. The zero-order valence-electron chi connectivity index (χ0n) is 19.5. The molecule has 0 spiro atoms. The first kappa shape index (κ1) is 21.8. The van der Waals surface area contributed by atoms with Gasteiger partial charge < -0.3 is 24.4 Å². The van der Waals surface area contributed by atoms with Crippen molar-refractivity contribution in [3.8, 4) is 11.5 Å². The molecule has 2 aliphatic heterocycles. The minimum Gasteiger partial charge on any atom is -0.493 e. The van der Waals surface area contributed by atoms with Gasteiger partial charge in [-0.25, -0.2) is 0 Å². The standard InChI is InChI=1S/C26H37N3O3/c1-30-24-17-21-23(18-25(24)32-14-6-13-29-11-4-5-12-29)28-22-8-3-2-7-20(22)26(21)27-19-9-15-31-16-10-19/h17-19H,2-16H2,1H3,(H,27,28). The first-order chi connectivity index (χ1) is 15.8. The van der Waals surface area contributed by atoms with Gasteiger partial charge in [-0.05, 0) is 82.5 Å². The van der Waals surface area contributed by atoms with Crippen molar-refractivity contribution < 1.29 is 14.2 Å². The largest absolute Gasteiger partial charge is 0.493 e. The van der Waals surface area contributed by atoms with Crippen molar-refractivity contribution in [2.75, 3.05) is 51.9 Å². The second kappa shape index (κ2) is 10.3. The second-order valence-electron chi connectivity index (χ2n) is 9.42. The van der Waals surface area contributed by atoms with Crippen molar-refractivity contribution in [3.63, 3.8) is 0 Å². The van der Waals surface area contributed by atoms with E-state index in [0.717, 1.165) is 74.3 Å². The molecule has 0 atom stereocenters. The molecule has 6 nitrogen and oxygen atoms in total. The number of aromatic nitrogens is 1. The Morgan fingerprint density at radius 3 is 2.69 bits per heavy atom. The molecule has 2 fully saturated rings. The minimum atomic E-state index is 0.452. The highest BCUT2D eigenvalue weighted by Crippen LogP contribution is 2.40.